The molecule has 6 heteroatoms. The van der Waals surface area contributed by atoms with Crippen LogP contribution >= 0.6 is 31.9 Å². The van der Waals surface area contributed by atoms with Crippen LogP contribution in [0.4, 0.5) is 10.1 Å². The van der Waals surface area contributed by atoms with E-state index in [-0.39, 0.29) is 5.82 Å². The lowest BCUT2D eigenvalue weighted by molar-refractivity contribution is 0.454. The number of rotatable bonds is 2. The van der Waals surface area contributed by atoms with Gasteiger partial charge in [0.1, 0.15) is 11.6 Å². The molecule has 0 atom stereocenters. The molecule has 0 radical (unpaired) electrons. The molecule has 3 nitrogen and oxygen atoms in total. The van der Waals surface area contributed by atoms with Crippen LogP contribution in [0.15, 0.2) is 33.3 Å². The van der Waals surface area contributed by atoms with Gasteiger partial charge in [0.05, 0.1) is 16.4 Å². The molecular weight excluding hydrogens is 367 g/mol. The van der Waals surface area contributed by atoms with E-state index in [4.69, 9.17) is 10.5 Å². The second-order valence-electron chi connectivity index (χ2n) is 3.66. The van der Waals surface area contributed by atoms with Gasteiger partial charge in [-0.25, -0.2) is 9.37 Å². The van der Waals surface area contributed by atoms with Crippen molar-refractivity contribution in [3.8, 4) is 11.6 Å². The van der Waals surface area contributed by atoms with E-state index in [9.17, 15) is 4.39 Å². The van der Waals surface area contributed by atoms with Crippen LogP contribution < -0.4 is 10.5 Å². The molecule has 2 aromatic rings. The summed E-state index contributed by atoms with van der Waals surface area (Å²) in [6, 6.07) is 4.29. The monoisotopic (exact) mass is 374 g/mol. The molecule has 0 amide bonds. The minimum Gasteiger partial charge on any atom is -0.438 e. The summed E-state index contributed by atoms with van der Waals surface area (Å²) in [7, 11) is 0. The highest BCUT2D eigenvalue weighted by Crippen LogP contribution is 2.33. The molecule has 2 rings (SSSR count). The van der Waals surface area contributed by atoms with Gasteiger partial charge >= 0.3 is 0 Å². The van der Waals surface area contributed by atoms with Gasteiger partial charge in [-0.1, -0.05) is 15.9 Å². The lowest BCUT2D eigenvalue weighted by Crippen LogP contribution is -1.96. The molecular formula is C12H9Br2FN2O. The summed E-state index contributed by atoms with van der Waals surface area (Å²) < 4.78 is 20.0. The molecule has 0 fully saturated rings. The van der Waals surface area contributed by atoms with Gasteiger partial charge in [-0.3, -0.25) is 0 Å². The summed E-state index contributed by atoms with van der Waals surface area (Å²) in [4.78, 5) is 4.06. The van der Waals surface area contributed by atoms with Gasteiger partial charge in [-0.05, 0) is 40.5 Å². The van der Waals surface area contributed by atoms with Crippen molar-refractivity contribution in [1.29, 1.82) is 0 Å². The Bertz CT molecular complexity index is 585. The highest BCUT2D eigenvalue weighted by molar-refractivity contribution is 9.10. The Morgan fingerprint density at radius 2 is 2.00 bits per heavy atom. The number of hydrogen-bond donors (Lipinski definition) is 1. The smallest absolute Gasteiger partial charge is 0.234 e. The number of hydrogen-bond acceptors (Lipinski definition) is 3. The van der Waals surface area contributed by atoms with E-state index < -0.39 is 0 Å². The van der Waals surface area contributed by atoms with Crippen molar-refractivity contribution in [3.63, 3.8) is 0 Å². The van der Waals surface area contributed by atoms with Crippen LogP contribution in [-0.2, 0) is 0 Å². The van der Waals surface area contributed by atoms with Crippen molar-refractivity contribution >= 4 is 37.5 Å². The fourth-order valence-electron chi connectivity index (χ4n) is 1.34. The number of nitrogen functional groups attached to an aromatic ring is 1. The van der Waals surface area contributed by atoms with Gasteiger partial charge in [-0.15, -0.1) is 0 Å². The van der Waals surface area contributed by atoms with E-state index in [0.29, 0.717) is 26.3 Å². The number of benzene rings is 1. The third-order valence-corrected chi connectivity index (χ3v) is 3.71. The van der Waals surface area contributed by atoms with Crippen molar-refractivity contribution < 1.29 is 9.13 Å². The second kappa shape index (κ2) is 5.24. The largest absolute Gasteiger partial charge is 0.438 e. The van der Waals surface area contributed by atoms with Crippen LogP contribution in [0.1, 0.15) is 5.56 Å². The molecule has 0 saturated heterocycles. The highest BCUT2D eigenvalue weighted by atomic mass is 79.9. The van der Waals surface area contributed by atoms with Crippen molar-refractivity contribution in [2.45, 2.75) is 6.92 Å². The Hall–Kier alpha value is -1.14. The SMILES string of the molecule is Cc1c(N)cnc(Oc2cc(F)cc(Br)c2)c1Br. The summed E-state index contributed by atoms with van der Waals surface area (Å²) in [5.74, 6) is 0.320. The number of nitrogens with two attached hydrogens (primary N) is 1. The molecule has 0 spiro atoms. The molecule has 1 aromatic heterocycles. The molecule has 0 aliphatic carbocycles. The first-order chi connectivity index (χ1) is 8.47. The van der Waals surface area contributed by atoms with Gasteiger partial charge < -0.3 is 10.5 Å². The van der Waals surface area contributed by atoms with Crippen LogP contribution in [0.5, 0.6) is 11.6 Å². The standard InChI is InChI=1S/C12H9Br2FN2O/c1-6-10(16)5-17-12(11(6)14)18-9-3-7(13)2-8(15)4-9/h2-5H,16H2,1H3. The fourth-order valence-corrected chi connectivity index (χ4v) is 2.20. The molecule has 0 aliphatic heterocycles. The van der Waals surface area contributed by atoms with Crippen molar-refractivity contribution in [2.75, 3.05) is 5.73 Å². The number of halogens is 3. The van der Waals surface area contributed by atoms with E-state index in [1.165, 1.54) is 18.3 Å². The number of anilines is 1. The maximum Gasteiger partial charge on any atom is 0.234 e. The maximum atomic E-state index is 13.2. The number of nitrogens with zero attached hydrogens (tertiary/aromatic N) is 1. The Balaban J connectivity index is 2.37. The van der Waals surface area contributed by atoms with Crippen LogP contribution in [0.25, 0.3) is 0 Å². The first-order valence-electron chi connectivity index (χ1n) is 5.02. The maximum absolute atomic E-state index is 13.2. The van der Waals surface area contributed by atoms with Gasteiger partial charge in [-0.2, -0.15) is 0 Å². The minimum absolute atomic E-state index is 0.346. The Kier molecular flexibility index (Phi) is 3.87. The third-order valence-electron chi connectivity index (χ3n) is 2.32. The van der Waals surface area contributed by atoms with Crippen LogP contribution in [0, 0.1) is 12.7 Å². The first-order valence-corrected chi connectivity index (χ1v) is 6.60. The average molecular weight is 376 g/mol. The van der Waals surface area contributed by atoms with E-state index in [0.717, 1.165) is 5.56 Å². The fraction of sp³-hybridized carbons (Fsp3) is 0.0833. The summed E-state index contributed by atoms with van der Waals surface area (Å²) in [5, 5.41) is 0. The average Bonchev–Trinajstić information content (AvgIpc) is 2.29. The molecule has 2 N–H and O–H groups in total. The Labute approximate surface area is 120 Å². The summed E-state index contributed by atoms with van der Waals surface area (Å²) in [6.07, 6.45) is 1.50. The third kappa shape index (κ3) is 2.81. The normalized spacial score (nSPS) is 10.4. The van der Waals surface area contributed by atoms with E-state index in [2.05, 4.69) is 36.8 Å². The van der Waals surface area contributed by atoms with Crippen molar-refractivity contribution in [1.82, 2.24) is 4.98 Å². The Morgan fingerprint density at radius 1 is 1.28 bits per heavy atom. The number of aromatic nitrogens is 1. The van der Waals surface area contributed by atoms with E-state index in [1.807, 2.05) is 6.92 Å². The van der Waals surface area contributed by atoms with Gasteiger partial charge in [0.25, 0.3) is 0 Å². The zero-order valence-corrected chi connectivity index (χ0v) is 12.5. The molecule has 1 heterocycles. The predicted molar refractivity (Wildman–Crippen MR) is 75.3 cm³/mol. The molecule has 0 aliphatic rings. The van der Waals surface area contributed by atoms with E-state index >= 15 is 0 Å². The number of ether oxygens (including phenoxy) is 1. The van der Waals surface area contributed by atoms with Crippen LogP contribution in [0.3, 0.4) is 0 Å². The van der Waals surface area contributed by atoms with Gasteiger partial charge in [0.2, 0.25) is 5.88 Å². The molecule has 18 heavy (non-hydrogen) atoms. The quantitative estimate of drug-likeness (QED) is 0.844. The van der Waals surface area contributed by atoms with Crippen LogP contribution in [0.2, 0.25) is 0 Å². The lowest BCUT2D eigenvalue weighted by Gasteiger charge is -2.10. The molecule has 0 saturated carbocycles. The highest BCUT2D eigenvalue weighted by Gasteiger charge is 2.10. The molecule has 0 unspecified atom stereocenters. The number of pyridine rings is 1. The second-order valence-corrected chi connectivity index (χ2v) is 5.37. The zero-order valence-electron chi connectivity index (χ0n) is 9.38. The zero-order chi connectivity index (χ0) is 13.3. The van der Waals surface area contributed by atoms with Crippen molar-refractivity contribution in [3.05, 3.63) is 44.7 Å². The van der Waals surface area contributed by atoms with Gasteiger partial charge in [0, 0.05) is 10.5 Å². The summed E-state index contributed by atoms with van der Waals surface area (Å²) >= 11 is 6.55. The summed E-state index contributed by atoms with van der Waals surface area (Å²) in [5.41, 5.74) is 7.11. The van der Waals surface area contributed by atoms with Crippen LogP contribution in [-0.4, -0.2) is 4.98 Å². The molecule has 1 aromatic carbocycles. The van der Waals surface area contributed by atoms with E-state index in [1.54, 1.807) is 6.07 Å². The lowest BCUT2D eigenvalue weighted by atomic mass is 10.2. The van der Waals surface area contributed by atoms with Crippen molar-refractivity contribution in [2.24, 2.45) is 0 Å². The molecule has 0 bridgehead atoms. The topological polar surface area (TPSA) is 48.1 Å². The summed E-state index contributed by atoms with van der Waals surface area (Å²) in [6.45, 7) is 1.84. The van der Waals surface area contributed by atoms with Gasteiger partial charge in [0.15, 0.2) is 0 Å². The molecule has 94 valence electrons. The Morgan fingerprint density at radius 3 is 2.67 bits per heavy atom. The predicted octanol–water partition coefficient (Wildman–Crippen LogP) is 4.43. The minimum atomic E-state index is -0.386. The first kappa shape index (κ1) is 13.3.